The average Bonchev–Trinajstić information content (AvgIpc) is 2.41. The van der Waals surface area contributed by atoms with Gasteiger partial charge in [0.15, 0.2) is 0 Å². The van der Waals surface area contributed by atoms with Crippen molar-refractivity contribution in [1.82, 2.24) is 4.98 Å². The highest BCUT2D eigenvalue weighted by molar-refractivity contribution is 5.93. The van der Waals surface area contributed by atoms with E-state index in [2.05, 4.69) is 16.8 Å². The van der Waals surface area contributed by atoms with Crippen LogP contribution in [0.25, 0.3) is 0 Å². The van der Waals surface area contributed by atoms with Gasteiger partial charge in [0.2, 0.25) is 5.91 Å². The Labute approximate surface area is 120 Å². The summed E-state index contributed by atoms with van der Waals surface area (Å²) >= 11 is 0. The molecular formula is C15H24N4O. The Bertz CT molecular complexity index is 481. The first kappa shape index (κ1) is 14.8. The molecule has 5 heteroatoms. The molecule has 2 rings (SSSR count). The molecule has 1 aromatic heterocycles. The Kier molecular flexibility index (Phi) is 4.60. The Morgan fingerprint density at radius 3 is 2.55 bits per heavy atom. The minimum atomic E-state index is -0.404. The van der Waals surface area contributed by atoms with Crippen LogP contribution in [0.3, 0.4) is 0 Å². The molecule has 1 aromatic rings. The van der Waals surface area contributed by atoms with E-state index in [1.54, 1.807) is 12.1 Å². The van der Waals surface area contributed by atoms with Gasteiger partial charge in [-0.05, 0) is 51.7 Å². The van der Waals surface area contributed by atoms with Gasteiger partial charge in [-0.3, -0.25) is 4.79 Å². The lowest BCUT2D eigenvalue weighted by Crippen LogP contribution is -2.41. The molecule has 1 heterocycles. The van der Waals surface area contributed by atoms with Crippen molar-refractivity contribution in [3.63, 3.8) is 0 Å². The molecule has 1 amide bonds. The number of nitrogens with zero attached hydrogens (tertiary/aromatic N) is 2. The molecule has 5 nitrogen and oxygen atoms in total. The van der Waals surface area contributed by atoms with E-state index in [9.17, 15) is 4.79 Å². The van der Waals surface area contributed by atoms with E-state index in [0.29, 0.717) is 17.6 Å². The quantitative estimate of drug-likeness (QED) is 0.874. The highest BCUT2D eigenvalue weighted by Crippen LogP contribution is 2.26. The Hall–Kier alpha value is -1.62. The van der Waals surface area contributed by atoms with E-state index < -0.39 is 5.91 Å². The van der Waals surface area contributed by atoms with E-state index in [1.807, 2.05) is 6.92 Å². The molecule has 1 saturated carbocycles. The van der Waals surface area contributed by atoms with E-state index in [-0.39, 0.29) is 0 Å². The van der Waals surface area contributed by atoms with Crippen molar-refractivity contribution in [3.05, 3.63) is 23.4 Å². The number of hydrogen-bond acceptors (Lipinski definition) is 4. The first-order valence-corrected chi connectivity index (χ1v) is 7.32. The van der Waals surface area contributed by atoms with Gasteiger partial charge in [-0.2, -0.15) is 0 Å². The number of pyridine rings is 1. The van der Waals surface area contributed by atoms with Crippen molar-refractivity contribution in [1.29, 1.82) is 0 Å². The van der Waals surface area contributed by atoms with Crippen LogP contribution >= 0.6 is 0 Å². The van der Waals surface area contributed by atoms with Crippen LogP contribution in [-0.4, -0.2) is 29.5 Å². The van der Waals surface area contributed by atoms with Gasteiger partial charge in [-0.25, -0.2) is 4.98 Å². The zero-order chi connectivity index (χ0) is 14.7. The van der Waals surface area contributed by atoms with E-state index in [0.717, 1.165) is 43.7 Å². The predicted molar refractivity (Wildman–Crippen MR) is 80.7 cm³/mol. The maximum absolute atomic E-state index is 11.4. The van der Waals surface area contributed by atoms with Crippen LogP contribution in [-0.2, 0) is 0 Å². The minimum absolute atomic E-state index is 0.330. The summed E-state index contributed by atoms with van der Waals surface area (Å²) in [6.07, 6.45) is 4.26. The molecule has 1 aliphatic carbocycles. The van der Waals surface area contributed by atoms with E-state index >= 15 is 0 Å². The second-order valence-electron chi connectivity index (χ2n) is 5.57. The summed E-state index contributed by atoms with van der Waals surface area (Å²) in [5, 5.41) is 0. The van der Waals surface area contributed by atoms with E-state index in [4.69, 9.17) is 11.5 Å². The van der Waals surface area contributed by atoms with Crippen LogP contribution in [0, 0.1) is 6.92 Å². The number of carbonyl (C=O) groups excluding carboxylic acids is 1. The molecule has 4 N–H and O–H groups in total. The fraction of sp³-hybridized carbons (Fsp3) is 0.600. The van der Waals surface area contributed by atoms with Crippen molar-refractivity contribution in [2.24, 2.45) is 11.5 Å². The molecule has 0 aromatic carbocycles. The zero-order valence-corrected chi connectivity index (χ0v) is 12.3. The van der Waals surface area contributed by atoms with Gasteiger partial charge < -0.3 is 16.4 Å². The normalized spacial score (nSPS) is 22.6. The van der Waals surface area contributed by atoms with Crippen LogP contribution in [0.5, 0.6) is 0 Å². The second-order valence-corrected chi connectivity index (χ2v) is 5.57. The Morgan fingerprint density at radius 1 is 1.35 bits per heavy atom. The van der Waals surface area contributed by atoms with Gasteiger partial charge in [0.25, 0.3) is 0 Å². The molecule has 0 atom stereocenters. The average molecular weight is 276 g/mol. The number of aryl methyl sites for hydroxylation is 1. The summed E-state index contributed by atoms with van der Waals surface area (Å²) in [6.45, 7) is 4.87. The van der Waals surface area contributed by atoms with Crippen molar-refractivity contribution in [3.8, 4) is 0 Å². The first-order chi connectivity index (χ1) is 9.51. The fourth-order valence-electron chi connectivity index (χ4n) is 2.96. The molecule has 0 aliphatic heterocycles. The van der Waals surface area contributed by atoms with Crippen molar-refractivity contribution >= 4 is 11.7 Å². The third-order valence-corrected chi connectivity index (χ3v) is 4.04. The summed E-state index contributed by atoms with van der Waals surface area (Å²) in [5.74, 6) is 0.445. The SMILES string of the molecule is CCN(c1cc(C(N)=O)cc(C)n1)C1CCC(N)CC1. The fourth-order valence-corrected chi connectivity index (χ4v) is 2.96. The summed E-state index contributed by atoms with van der Waals surface area (Å²) in [7, 11) is 0. The molecule has 0 unspecified atom stereocenters. The maximum Gasteiger partial charge on any atom is 0.248 e. The van der Waals surface area contributed by atoms with E-state index in [1.165, 1.54) is 0 Å². The number of primary amides is 1. The number of rotatable bonds is 4. The van der Waals surface area contributed by atoms with Gasteiger partial charge in [0, 0.05) is 29.9 Å². The predicted octanol–water partition coefficient (Wildman–Crippen LogP) is 1.59. The zero-order valence-electron chi connectivity index (χ0n) is 12.3. The highest BCUT2D eigenvalue weighted by atomic mass is 16.1. The van der Waals surface area contributed by atoms with Crippen LogP contribution < -0.4 is 16.4 Å². The summed E-state index contributed by atoms with van der Waals surface area (Å²) in [5.41, 5.74) is 12.7. The monoisotopic (exact) mass is 276 g/mol. The van der Waals surface area contributed by atoms with Crippen molar-refractivity contribution < 1.29 is 4.79 Å². The third-order valence-electron chi connectivity index (χ3n) is 4.04. The molecule has 20 heavy (non-hydrogen) atoms. The second kappa shape index (κ2) is 6.22. The minimum Gasteiger partial charge on any atom is -0.366 e. The van der Waals surface area contributed by atoms with Gasteiger partial charge in [-0.1, -0.05) is 0 Å². The molecule has 110 valence electrons. The topological polar surface area (TPSA) is 85.2 Å². The van der Waals surface area contributed by atoms with Gasteiger partial charge in [0.05, 0.1) is 0 Å². The first-order valence-electron chi connectivity index (χ1n) is 7.32. The summed E-state index contributed by atoms with van der Waals surface area (Å²) in [4.78, 5) is 18.2. The summed E-state index contributed by atoms with van der Waals surface area (Å²) in [6, 6.07) is 4.32. The van der Waals surface area contributed by atoms with Crippen LogP contribution in [0.2, 0.25) is 0 Å². The number of aromatic nitrogens is 1. The van der Waals surface area contributed by atoms with Gasteiger partial charge >= 0.3 is 0 Å². The third kappa shape index (κ3) is 3.28. The molecule has 1 fully saturated rings. The number of amides is 1. The van der Waals surface area contributed by atoms with Gasteiger partial charge in [-0.15, -0.1) is 0 Å². The molecule has 0 spiro atoms. The lowest BCUT2D eigenvalue weighted by atomic mass is 9.90. The van der Waals surface area contributed by atoms with Crippen LogP contribution in [0.4, 0.5) is 5.82 Å². The van der Waals surface area contributed by atoms with Crippen molar-refractivity contribution in [2.45, 2.75) is 51.6 Å². The largest absolute Gasteiger partial charge is 0.366 e. The number of anilines is 1. The number of hydrogen-bond donors (Lipinski definition) is 2. The molecule has 0 saturated heterocycles. The standard InChI is InChI=1S/C15H24N4O/c1-3-19(13-6-4-12(16)5-7-13)14-9-11(15(17)20)8-10(2)18-14/h8-9,12-13H,3-7,16H2,1-2H3,(H2,17,20). The van der Waals surface area contributed by atoms with Crippen LogP contribution in [0.1, 0.15) is 48.7 Å². The Morgan fingerprint density at radius 2 is 2.00 bits per heavy atom. The van der Waals surface area contributed by atoms with Gasteiger partial charge in [0.1, 0.15) is 5.82 Å². The maximum atomic E-state index is 11.4. The molecular weight excluding hydrogens is 252 g/mol. The molecule has 0 radical (unpaired) electrons. The lowest BCUT2D eigenvalue weighted by Gasteiger charge is -2.36. The highest BCUT2D eigenvalue weighted by Gasteiger charge is 2.24. The van der Waals surface area contributed by atoms with Crippen LogP contribution in [0.15, 0.2) is 12.1 Å². The number of nitrogens with two attached hydrogens (primary N) is 2. The molecule has 1 aliphatic rings. The molecule has 0 bridgehead atoms. The Balaban J connectivity index is 2.25. The van der Waals surface area contributed by atoms with Crippen molar-refractivity contribution in [2.75, 3.05) is 11.4 Å². The summed E-state index contributed by atoms with van der Waals surface area (Å²) < 4.78 is 0. The number of carbonyl (C=O) groups is 1. The smallest absolute Gasteiger partial charge is 0.248 e. The lowest BCUT2D eigenvalue weighted by molar-refractivity contribution is 0.1000.